The molecule has 102 valence electrons. The normalized spacial score (nSPS) is 10.9. The SMILES string of the molecule is COc1ccc2[nH]c(=S)n(-c3ccc(F)cc3I)c2c1. The van der Waals surface area contributed by atoms with Gasteiger partial charge in [-0.15, -0.1) is 0 Å². The Kier molecular flexibility index (Phi) is 3.51. The van der Waals surface area contributed by atoms with E-state index < -0.39 is 0 Å². The number of imidazole rings is 1. The van der Waals surface area contributed by atoms with Crippen molar-refractivity contribution in [2.24, 2.45) is 0 Å². The van der Waals surface area contributed by atoms with E-state index in [1.54, 1.807) is 13.2 Å². The molecule has 0 aliphatic rings. The molecule has 1 N–H and O–H groups in total. The van der Waals surface area contributed by atoms with E-state index in [4.69, 9.17) is 17.0 Å². The second-order valence-corrected chi connectivity index (χ2v) is 5.79. The zero-order valence-electron chi connectivity index (χ0n) is 10.5. The molecule has 0 unspecified atom stereocenters. The monoisotopic (exact) mass is 400 g/mol. The Morgan fingerprint density at radius 1 is 1.25 bits per heavy atom. The van der Waals surface area contributed by atoms with Gasteiger partial charge in [-0.05, 0) is 65.1 Å². The summed E-state index contributed by atoms with van der Waals surface area (Å²) in [5.41, 5.74) is 2.66. The predicted molar refractivity (Wildman–Crippen MR) is 87.7 cm³/mol. The van der Waals surface area contributed by atoms with E-state index in [1.165, 1.54) is 12.1 Å². The molecule has 0 saturated heterocycles. The highest BCUT2D eigenvalue weighted by atomic mass is 127. The van der Waals surface area contributed by atoms with Crippen LogP contribution < -0.4 is 4.74 Å². The third kappa shape index (κ3) is 2.22. The fraction of sp³-hybridized carbons (Fsp3) is 0.0714. The molecule has 0 amide bonds. The first-order valence-electron chi connectivity index (χ1n) is 5.84. The molecule has 2 aromatic carbocycles. The van der Waals surface area contributed by atoms with Crippen molar-refractivity contribution in [3.63, 3.8) is 0 Å². The maximum absolute atomic E-state index is 13.3. The van der Waals surface area contributed by atoms with Crippen LogP contribution in [-0.4, -0.2) is 16.7 Å². The van der Waals surface area contributed by atoms with Crippen molar-refractivity contribution < 1.29 is 9.13 Å². The number of halogens is 2. The molecule has 1 heterocycles. The largest absolute Gasteiger partial charge is 0.497 e. The number of fused-ring (bicyclic) bond motifs is 1. The van der Waals surface area contributed by atoms with Gasteiger partial charge in [0.1, 0.15) is 11.6 Å². The molecule has 0 aliphatic carbocycles. The molecule has 3 rings (SSSR count). The molecule has 1 aromatic heterocycles. The highest BCUT2D eigenvalue weighted by Crippen LogP contribution is 2.26. The fourth-order valence-electron chi connectivity index (χ4n) is 2.11. The summed E-state index contributed by atoms with van der Waals surface area (Å²) in [5, 5.41) is 0. The van der Waals surface area contributed by atoms with Gasteiger partial charge in [0.15, 0.2) is 4.77 Å². The Morgan fingerprint density at radius 2 is 2.05 bits per heavy atom. The van der Waals surface area contributed by atoms with Gasteiger partial charge in [-0.3, -0.25) is 4.57 Å². The third-order valence-corrected chi connectivity index (χ3v) is 4.19. The number of benzene rings is 2. The third-order valence-electron chi connectivity index (χ3n) is 3.04. The summed E-state index contributed by atoms with van der Waals surface area (Å²) in [5.74, 6) is 0.486. The van der Waals surface area contributed by atoms with Crippen molar-refractivity contribution in [2.75, 3.05) is 7.11 Å². The number of hydrogen-bond donors (Lipinski definition) is 1. The van der Waals surface area contributed by atoms with Gasteiger partial charge < -0.3 is 9.72 Å². The maximum Gasteiger partial charge on any atom is 0.182 e. The number of nitrogens with zero attached hydrogens (tertiary/aromatic N) is 1. The fourth-order valence-corrected chi connectivity index (χ4v) is 3.14. The van der Waals surface area contributed by atoms with Gasteiger partial charge in [0.2, 0.25) is 0 Å². The molecule has 0 fully saturated rings. The Labute approximate surface area is 133 Å². The lowest BCUT2D eigenvalue weighted by molar-refractivity contribution is 0.415. The predicted octanol–water partition coefficient (Wildman–Crippen LogP) is 4.44. The van der Waals surface area contributed by atoms with Gasteiger partial charge in [0.25, 0.3) is 0 Å². The van der Waals surface area contributed by atoms with Crippen molar-refractivity contribution in [3.05, 3.63) is 50.6 Å². The number of rotatable bonds is 2. The topological polar surface area (TPSA) is 29.9 Å². The first-order chi connectivity index (χ1) is 9.60. The van der Waals surface area contributed by atoms with E-state index in [0.29, 0.717) is 4.77 Å². The molecule has 0 atom stereocenters. The summed E-state index contributed by atoms with van der Waals surface area (Å²) < 4.78 is 21.7. The van der Waals surface area contributed by atoms with Crippen LogP contribution in [0.5, 0.6) is 5.75 Å². The van der Waals surface area contributed by atoms with Gasteiger partial charge in [-0.2, -0.15) is 0 Å². The molecule has 3 nitrogen and oxygen atoms in total. The van der Waals surface area contributed by atoms with E-state index in [-0.39, 0.29) is 5.82 Å². The quantitative estimate of drug-likeness (QED) is 0.509. The minimum Gasteiger partial charge on any atom is -0.497 e. The number of H-pyrrole nitrogens is 1. The zero-order valence-corrected chi connectivity index (χ0v) is 13.5. The summed E-state index contributed by atoms with van der Waals surface area (Å²) >= 11 is 7.48. The molecule has 0 radical (unpaired) electrons. The zero-order chi connectivity index (χ0) is 14.3. The summed E-state index contributed by atoms with van der Waals surface area (Å²) in [7, 11) is 1.62. The number of aromatic amines is 1. The van der Waals surface area contributed by atoms with Crippen LogP contribution in [-0.2, 0) is 0 Å². The van der Waals surface area contributed by atoms with Gasteiger partial charge in [-0.1, -0.05) is 0 Å². The van der Waals surface area contributed by atoms with Crippen molar-refractivity contribution in [3.8, 4) is 11.4 Å². The lowest BCUT2D eigenvalue weighted by Crippen LogP contribution is -1.98. The lowest BCUT2D eigenvalue weighted by Gasteiger charge is -2.08. The van der Waals surface area contributed by atoms with Crippen LogP contribution in [0, 0.1) is 14.2 Å². The summed E-state index contributed by atoms with van der Waals surface area (Å²) in [4.78, 5) is 3.14. The minimum absolute atomic E-state index is 0.262. The molecule has 3 aromatic rings. The molecular weight excluding hydrogens is 390 g/mol. The second kappa shape index (κ2) is 5.17. The smallest absolute Gasteiger partial charge is 0.182 e. The van der Waals surface area contributed by atoms with Crippen LogP contribution in [0.2, 0.25) is 0 Å². The number of methoxy groups -OCH3 is 1. The van der Waals surface area contributed by atoms with Crippen LogP contribution in [0.3, 0.4) is 0 Å². The molecule has 0 bridgehead atoms. The second-order valence-electron chi connectivity index (χ2n) is 4.24. The standard InChI is InChI=1S/C14H10FIN2OS/c1-19-9-3-4-11-13(7-9)18(14(20)17-11)12-5-2-8(15)6-10(12)16/h2-7H,1H3,(H,17,20). The summed E-state index contributed by atoms with van der Waals surface area (Å²) in [6, 6.07) is 10.3. The van der Waals surface area contributed by atoms with E-state index in [1.807, 2.05) is 22.8 Å². The molecule has 20 heavy (non-hydrogen) atoms. The van der Waals surface area contributed by atoms with Gasteiger partial charge in [0.05, 0.1) is 23.8 Å². The number of ether oxygens (including phenoxy) is 1. The lowest BCUT2D eigenvalue weighted by atomic mass is 10.2. The average molecular weight is 400 g/mol. The van der Waals surface area contributed by atoms with Crippen molar-refractivity contribution in [1.82, 2.24) is 9.55 Å². The molecular formula is C14H10FIN2OS. The Bertz CT molecular complexity index is 856. The van der Waals surface area contributed by atoms with Crippen LogP contribution in [0.15, 0.2) is 36.4 Å². The minimum atomic E-state index is -0.262. The van der Waals surface area contributed by atoms with E-state index >= 15 is 0 Å². The number of hydrogen-bond acceptors (Lipinski definition) is 2. The first kappa shape index (κ1) is 13.6. The van der Waals surface area contributed by atoms with Crippen LogP contribution >= 0.6 is 34.8 Å². The highest BCUT2D eigenvalue weighted by Gasteiger charge is 2.11. The first-order valence-corrected chi connectivity index (χ1v) is 7.33. The highest BCUT2D eigenvalue weighted by molar-refractivity contribution is 14.1. The Morgan fingerprint density at radius 3 is 2.75 bits per heavy atom. The number of nitrogens with one attached hydrogen (secondary N) is 1. The Hall–Kier alpha value is -1.41. The summed E-state index contributed by atoms with van der Waals surface area (Å²) in [6.07, 6.45) is 0. The number of aromatic nitrogens is 2. The van der Waals surface area contributed by atoms with Crippen molar-refractivity contribution in [2.45, 2.75) is 0 Å². The average Bonchev–Trinajstić information content (AvgIpc) is 2.74. The molecule has 0 saturated carbocycles. The van der Waals surface area contributed by atoms with Crippen molar-refractivity contribution >= 4 is 45.8 Å². The Balaban J connectivity index is 2.34. The van der Waals surface area contributed by atoms with Crippen LogP contribution in [0.25, 0.3) is 16.7 Å². The van der Waals surface area contributed by atoms with Gasteiger partial charge in [0, 0.05) is 9.64 Å². The van der Waals surface area contributed by atoms with Gasteiger partial charge in [-0.25, -0.2) is 4.39 Å². The van der Waals surface area contributed by atoms with Crippen LogP contribution in [0.4, 0.5) is 4.39 Å². The maximum atomic E-state index is 13.3. The molecule has 0 spiro atoms. The van der Waals surface area contributed by atoms with Crippen molar-refractivity contribution in [1.29, 1.82) is 0 Å². The van der Waals surface area contributed by atoms with E-state index in [9.17, 15) is 4.39 Å². The van der Waals surface area contributed by atoms with Gasteiger partial charge >= 0.3 is 0 Å². The van der Waals surface area contributed by atoms with Crippen LogP contribution in [0.1, 0.15) is 0 Å². The molecule has 0 aliphatic heterocycles. The van der Waals surface area contributed by atoms with E-state index in [0.717, 1.165) is 26.0 Å². The summed E-state index contributed by atoms with van der Waals surface area (Å²) in [6.45, 7) is 0. The molecule has 6 heteroatoms. The van der Waals surface area contributed by atoms with E-state index in [2.05, 4.69) is 27.6 Å².